The minimum absolute atomic E-state index is 0.680. The van der Waals surface area contributed by atoms with E-state index < -0.39 is 0 Å². The zero-order chi connectivity index (χ0) is 13.8. The van der Waals surface area contributed by atoms with Gasteiger partial charge >= 0.3 is 0 Å². The molecule has 2 aliphatic rings. The quantitative estimate of drug-likeness (QED) is 0.787. The van der Waals surface area contributed by atoms with Crippen LogP contribution in [0.15, 0.2) is 18.2 Å². The minimum atomic E-state index is 0.680. The third kappa shape index (κ3) is 3.45. The van der Waals surface area contributed by atoms with Gasteiger partial charge in [0.05, 0.1) is 13.2 Å². The highest BCUT2D eigenvalue weighted by Crippen LogP contribution is 2.34. The zero-order valence-electron chi connectivity index (χ0n) is 12.4. The van der Waals surface area contributed by atoms with Gasteiger partial charge in [0.25, 0.3) is 0 Å². The number of para-hydroxylation sites is 1. The number of nitrogens with one attached hydrogen (secondary N) is 1. The summed E-state index contributed by atoms with van der Waals surface area (Å²) in [5.74, 6) is 2.59. The second kappa shape index (κ2) is 6.49. The number of rotatable bonds is 8. The van der Waals surface area contributed by atoms with E-state index in [2.05, 4.69) is 17.4 Å². The summed E-state index contributed by atoms with van der Waals surface area (Å²) < 4.78 is 11.8. The molecule has 3 nitrogen and oxygen atoms in total. The summed E-state index contributed by atoms with van der Waals surface area (Å²) in [6.45, 7) is 4.41. The summed E-state index contributed by atoms with van der Waals surface area (Å²) in [5, 5.41) is 3.56. The van der Waals surface area contributed by atoms with E-state index in [1.807, 2.05) is 13.0 Å². The molecule has 1 N–H and O–H groups in total. The maximum Gasteiger partial charge on any atom is 0.165 e. The van der Waals surface area contributed by atoms with E-state index in [-0.39, 0.29) is 0 Å². The van der Waals surface area contributed by atoms with Crippen molar-refractivity contribution in [2.75, 3.05) is 13.2 Å². The fourth-order valence-corrected chi connectivity index (χ4v) is 2.54. The van der Waals surface area contributed by atoms with E-state index in [1.165, 1.54) is 37.7 Å². The van der Waals surface area contributed by atoms with Crippen molar-refractivity contribution in [3.63, 3.8) is 0 Å². The monoisotopic (exact) mass is 275 g/mol. The highest BCUT2D eigenvalue weighted by molar-refractivity contribution is 5.46. The van der Waals surface area contributed by atoms with Crippen molar-refractivity contribution < 1.29 is 9.47 Å². The zero-order valence-corrected chi connectivity index (χ0v) is 12.4. The molecule has 0 amide bonds. The molecule has 1 aromatic carbocycles. The standard InChI is InChI=1S/C17H25NO2/c1-2-19-16-8-4-7-14(11-18-15-9-10-15)17(16)20-12-13-5-3-6-13/h4,7-8,13,15,18H,2-3,5-6,9-12H2,1H3. The average molecular weight is 275 g/mol. The average Bonchev–Trinajstić information content (AvgIpc) is 3.21. The SMILES string of the molecule is CCOc1cccc(CNC2CC2)c1OCC1CCC1. The smallest absolute Gasteiger partial charge is 0.165 e. The van der Waals surface area contributed by atoms with E-state index in [4.69, 9.17) is 9.47 Å². The molecule has 1 aromatic rings. The van der Waals surface area contributed by atoms with Crippen molar-refractivity contribution >= 4 is 0 Å². The Kier molecular flexibility index (Phi) is 4.46. The molecule has 3 rings (SSSR count). The Balaban J connectivity index is 1.68. The van der Waals surface area contributed by atoms with Gasteiger partial charge in [-0.05, 0) is 44.6 Å². The molecule has 0 heterocycles. The highest BCUT2D eigenvalue weighted by Gasteiger charge is 2.22. The molecule has 0 bridgehead atoms. The third-order valence-electron chi connectivity index (χ3n) is 4.21. The molecule has 0 atom stereocenters. The molecule has 3 heteroatoms. The van der Waals surface area contributed by atoms with Crippen molar-refractivity contribution in [3.8, 4) is 11.5 Å². The summed E-state index contributed by atoms with van der Waals surface area (Å²) in [7, 11) is 0. The van der Waals surface area contributed by atoms with Crippen LogP contribution in [0.2, 0.25) is 0 Å². The molecule has 0 unspecified atom stereocenters. The van der Waals surface area contributed by atoms with Crippen molar-refractivity contribution in [1.29, 1.82) is 0 Å². The van der Waals surface area contributed by atoms with Crippen LogP contribution in [0.4, 0.5) is 0 Å². The molecule has 110 valence electrons. The summed E-state index contributed by atoms with van der Waals surface area (Å²) >= 11 is 0. The fraction of sp³-hybridized carbons (Fsp3) is 0.647. The maximum atomic E-state index is 6.11. The lowest BCUT2D eigenvalue weighted by Gasteiger charge is -2.26. The van der Waals surface area contributed by atoms with Gasteiger partial charge in [-0.15, -0.1) is 0 Å². The van der Waals surface area contributed by atoms with Gasteiger partial charge in [-0.1, -0.05) is 18.6 Å². The molecule has 2 fully saturated rings. The van der Waals surface area contributed by atoms with Crippen LogP contribution >= 0.6 is 0 Å². The van der Waals surface area contributed by atoms with Crippen LogP contribution in [0.1, 0.15) is 44.6 Å². The maximum absolute atomic E-state index is 6.11. The van der Waals surface area contributed by atoms with Crippen LogP contribution in [0, 0.1) is 5.92 Å². The minimum Gasteiger partial charge on any atom is -0.490 e. The Morgan fingerprint density at radius 3 is 2.65 bits per heavy atom. The first-order valence-electron chi connectivity index (χ1n) is 7.97. The molecule has 0 spiro atoms. The number of ether oxygens (including phenoxy) is 2. The third-order valence-corrected chi connectivity index (χ3v) is 4.21. The van der Waals surface area contributed by atoms with Gasteiger partial charge in [0.15, 0.2) is 11.5 Å². The molecule has 0 aliphatic heterocycles. The largest absolute Gasteiger partial charge is 0.490 e. The van der Waals surface area contributed by atoms with Gasteiger partial charge in [-0.2, -0.15) is 0 Å². The van der Waals surface area contributed by atoms with Crippen LogP contribution in [0.5, 0.6) is 11.5 Å². The highest BCUT2D eigenvalue weighted by atomic mass is 16.5. The summed E-state index contributed by atoms with van der Waals surface area (Å²) in [4.78, 5) is 0. The second-order valence-electron chi connectivity index (χ2n) is 5.94. The number of hydrogen-bond acceptors (Lipinski definition) is 3. The van der Waals surface area contributed by atoms with Gasteiger partial charge in [-0.3, -0.25) is 0 Å². The Morgan fingerprint density at radius 2 is 2.00 bits per heavy atom. The lowest BCUT2D eigenvalue weighted by Crippen LogP contribution is -2.21. The van der Waals surface area contributed by atoms with Crippen LogP contribution in [-0.2, 0) is 6.54 Å². The molecule has 20 heavy (non-hydrogen) atoms. The van der Waals surface area contributed by atoms with E-state index >= 15 is 0 Å². The molecule has 0 radical (unpaired) electrons. The normalized spacial score (nSPS) is 18.6. The van der Waals surface area contributed by atoms with Crippen LogP contribution in [0.3, 0.4) is 0 Å². The van der Waals surface area contributed by atoms with E-state index in [0.29, 0.717) is 12.6 Å². The van der Waals surface area contributed by atoms with Gasteiger partial charge < -0.3 is 14.8 Å². The van der Waals surface area contributed by atoms with Crippen LogP contribution in [0.25, 0.3) is 0 Å². The topological polar surface area (TPSA) is 30.5 Å². The summed E-state index contributed by atoms with van der Waals surface area (Å²) in [5.41, 5.74) is 1.22. The predicted octanol–water partition coefficient (Wildman–Crippen LogP) is 3.52. The van der Waals surface area contributed by atoms with Crippen LogP contribution in [-0.4, -0.2) is 19.3 Å². The van der Waals surface area contributed by atoms with Crippen molar-refractivity contribution in [2.45, 2.75) is 51.6 Å². The predicted molar refractivity (Wildman–Crippen MR) is 80.3 cm³/mol. The second-order valence-corrected chi connectivity index (χ2v) is 5.94. The van der Waals surface area contributed by atoms with Gasteiger partial charge in [0.1, 0.15) is 0 Å². The molecule has 0 saturated heterocycles. The van der Waals surface area contributed by atoms with Crippen molar-refractivity contribution in [1.82, 2.24) is 5.32 Å². The number of hydrogen-bond donors (Lipinski definition) is 1. The Bertz CT molecular complexity index is 439. The molecular weight excluding hydrogens is 250 g/mol. The van der Waals surface area contributed by atoms with Crippen molar-refractivity contribution in [3.05, 3.63) is 23.8 Å². The Labute approximate surface area is 121 Å². The van der Waals surface area contributed by atoms with Crippen LogP contribution < -0.4 is 14.8 Å². The molecule has 0 aromatic heterocycles. The summed E-state index contributed by atoms with van der Waals surface area (Å²) in [6, 6.07) is 6.93. The lowest BCUT2D eigenvalue weighted by atomic mass is 9.86. The van der Waals surface area contributed by atoms with Gasteiger partial charge in [0.2, 0.25) is 0 Å². The molecule has 2 aliphatic carbocycles. The van der Waals surface area contributed by atoms with Gasteiger partial charge in [-0.25, -0.2) is 0 Å². The van der Waals surface area contributed by atoms with Gasteiger partial charge in [0, 0.05) is 18.2 Å². The van der Waals surface area contributed by atoms with E-state index in [9.17, 15) is 0 Å². The molecule has 2 saturated carbocycles. The Morgan fingerprint density at radius 1 is 1.15 bits per heavy atom. The molecular formula is C17H25NO2. The number of benzene rings is 1. The lowest BCUT2D eigenvalue weighted by molar-refractivity contribution is 0.172. The Hall–Kier alpha value is -1.22. The fourth-order valence-electron chi connectivity index (χ4n) is 2.54. The first kappa shape index (κ1) is 13.7. The van der Waals surface area contributed by atoms with Crippen molar-refractivity contribution in [2.24, 2.45) is 5.92 Å². The first-order chi connectivity index (χ1) is 9.86. The van der Waals surface area contributed by atoms with E-state index in [0.717, 1.165) is 30.6 Å². The summed E-state index contributed by atoms with van der Waals surface area (Å²) in [6.07, 6.45) is 6.60. The van der Waals surface area contributed by atoms with E-state index in [1.54, 1.807) is 0 Å². The first-order valence-corrected chi connectivity index (χ1v) is 7.97.